The van der Waals surface area contributed by atoms with Crippen molar-refractivity contribution in [2.24, 2.45) is 0 Å². The number of hydrogen-bond acceptors (Lipinski definition) is 2. The van der Waals surface area contributed by atoms with Gasteiger partial charge < -0.3 is 0 Å². The van der Waals surface area contributed by atoms with Crippen LogP contribution in [0.3, 0.4) is 0 Å². The molecule has 2 aromatic heterocycles. The van der Waals surface area contributed by atoms with E-state index in [0.717, 1.165) is 0 Å². The largest absolute Gasteiger partial charge is 0.205 e. The molecule has 0 amide bonds. The highest BCUT2D eigenvalue weighted by atomic mass is 32.2. The molecule has 0 aromatic carbocycles. The van der Waals surface area contributed by atoms with Crippen molar-refractivity contribution in [3.63, 3.8) is 0 Å². The van der Waals surface area contributed by atoms with Crippen LogP contribution in [-0.4, -0.2) is 11.5 Å². The Morgan fingerprint density at radius 3 is 0.689 bits per heavy atom. The van der Waals surface area contributed by atoms with Crippen LogP contribution in [0.4, 0.5) is 0 Å². The van der Waals surface area contributed by atoms with Crippen LogP contribution in [0.2, 0.25) is 0 Å². The quantitative estimate of drug-likeness (QED) is 0.0372. The fraction of sp³-hybridized carbons (Fsp3) is 0.825. The Morgan fingerprint density at radius 1 is 0.262 bits per heavy atom. The van der Waals surface area contributed by atoms with Crippen molar-refractivity contribution < 1.29 is 9.13 Å². The van der Waals surface area contributed by atoms with Crippen LogP contribution in [0.15, 0.2) is 58.8 Å². The Bertz CT molecular complexity index is 1050. The zero-order valence-corrected chi connectivity index (χ0v) is 42.8. The number of pyridine rings is 2. The third kappa shape index (κ3) is 38.0. The molecular formula is C57H104N2S2+2. The molecule has 0 fully saturated rings. The van der Waals surface area contributed by atoms with Gasteiger partial charge in [-0.15, -0.1) is 23.5 Å². The lowest BCUT2D eigenvalue weighted by atomic mass is 10.0. The van der Waals surface area contributed by atoms with Crippen molar-refractivity contribution in [2.45, 2.75) is 300 Å². The van der Waals surface area contributed by atoms with E-state index in [1.807, 2.05) is 0 Å². The third-order valence-corrected chi connectivity index (χ3v) is 15.3. The zero-order valence-electron chi connectivity index (χ0n) is 41.1. The summed E-state index contributed by atoms with van der Waals surface area (Å²) in [5.41, 5.74) is 0. The number of unbranched alkanes of at least 4 members (excludes halogenated alkanes) is 38. The fourth-order valence-corrected chi connectivity index (χ4v) is 10.7. The molecular weight excluding hydrogens is 777 g/mol. The first-order valence-electron chi connectivity index (χ1n) is 27.6. The number of hydrogen-bond donors (Lipinski definition) is 0. The highest BCUT2D eigenvalue weighted by Crippen LogP contribution is 2.21. The van der Waals surface area contributed by atoms with E-state index in [4.69, 9.17) is 0 Å². The van der Waals surface area contributed by atoms with Gasteiger partial charge >= 0.3 is 0 Å². The molecule has 0 spiro atoms. The van der Waals surface area contributed by atoms with Crippen LogP contribution in [0.25, 0.3) is 0 Å². The van der Waals surface area contributed by atoms with Gasteiger partial charge in [-0.05, 0) is 37.2 Å². The maximum absolute atomic E-state index is 2.40. The number of thioether (sulfide) groups is 2. The van der Waals surface area contributed by atoms with Gasteiger partial charge in [0.2, 0.25) is 0 Å². The van der Waals surface area contributed by atoms with Gasteiger partial charge in [-0.25, -0.2) is 9.13 Å². The molecule has 2 aromatic rings. The lowest BCUT2D eigenvalue weighted by Crippen LogP contribution is -2.32. The summed E-state index contributed by atoms with van der Waals surface area (Å²) in [6.07, 6.45) is 67.9. The molecule has 2 nitrogen and oxygen atoms in total. The summed E-state index contributed by atoms with van der Waals surface area (Å²) >= 11 is 4.10. The molecule has 0 aliphatic carbocycles. The molecule has 4 heteroatoms. The minimum absolute atomic E-state index is 1.18. The Hall–Kier alpha value is -1.00. The Labute approximate surface area is 391 Å². The topological polar surface area (TPSA) is 7.76 Å². The van der Waals surface area contributed by atoms with Crippen molar-refractivity contribution in [3.8, 4) is 0 Å². The molecule has 0 radical (unpaired) electrons. The summed E-state index contributed by atoms with van der Waals surface area (Å²) < 4.78 is 4.79. The number of aryl methyl sites for hydroxylation is 2. The van der Waals surface area contributed by atoms with Crippen LogP contribution in [0, 0.1) is 0 Å². The van der Waals surface area contributed by atoms with E-state index in [-0.39, 0.29) is 0 Å². The van der Waals surface area contributed by atoms with Gasteiger partial charge in [0.05, 0.1) is 0 Å². The zero-order chi connectivity index (χ0) is 43.2. The monoisotopic (exact) mass is 881 g/mol. The summed E-state index contributed by atoms with van der Waals surface area (Å²) in [5, 5.41) is 0. The number of nitrogens with zero attached hydrogens (tertiary/aromatic N) is 2. The fourth-order valence-electron chi connectivity index (χ4n) is 8.88. The van der Waals surface area contributed by atoms with Crippen molar-refractivity contribution >= 4 is 23.5 Å². The normalized spacial score (nSPS) is 11.6. The Morgan fingerprint density at radius 2 is 0.459 bits per heavy atom. The van der Waals surface area contributed by atoms with Crippen molar-refractivity contribution in [2.75, 3.05) is 11.5 Å². The van der Waals surface area contributed by atoms with Crippen LogP contribution in [-0.2, 0) is 13.1 Å². The first kappa shape index (κ1) is 56.1. The molecule has 0 bridgehead atoms. The molecule has 2 rings (SSSR count). The standard InChI is InChI=1S/C57H104N2S2/c1-3-5-7-9-11-13-15-17-19-21-23-25-28-32-36-40-48-58-50-44-56(45-51-58)60-54-42-38-34-30-27-31-35-39-43-55-61-57-46-52-59(53-47-57)49-41-37-33-29-26-24-22-20-18-16-14-12-10-8-6-4-2/h44-47,50-53H,3-43,48-49,54-55H2,1-2H3/q+2. The second kappa shape index (κ2) is 45.6. The van der Waals surface area contributed by atoms with Gasteiger partial charge in [-0.2, -0.15) is 0 Å². The third-order valence-electron chi connectivity index (χ3n) is 13.1. The van der Waals surface area contributed by atoms with Crippen molar-refractivity contribution in [1.29, 1.82) is 0 Å². The summed E-state index contributed by atoms with van der Waals surface area (Å²) in [6.45, 7) is 6.97. The van der Waals surface area contributed by atoms with E-state index in [1.54, 1.807) is 0 Å². The predicted molar refractivity (Wildman–Crippen MR) is 275 cm³/mol. The maximum atomic E-state index is 2.40. The Balaban J connectivity index is 1.27. The maximum Gasteiger partial charge on any atom is 0.169 e. The highest BCUT2D eigenvalue weighted by Gasteiger charge is 2.05. The lowest BCUT2D eigenvalue weighted by Gasteiger charge is -2.04. The van der Waals surface area contributed by atoms with Gasteiger partial charge in [0, 0.05) is 46.9 Å². The van der Waals surface area contributed by atoms with Gasteiger partial charge in [0.15, 0.2) is 24.8 Å². The molecule has 0 aliphatic rings. The molecule has 352 valence electrons. The molecule has 0 unspecified atom stereocenters. The summed E-state index contributed by atoms with van der Waals surface area (Å²) in [7, 11) is 0. The highest BCUT2D eigenvalue weighted by molar-refractivity contribution is 7.99. The summed E-state index contributed by atoms with van der Waals surface area (Å²) in [6, 6.07) is 9.36. The summed E-state index contributed by atoms with van der Waals surface area (Å²) in [5.74, 6) is 2.53. The van der Waals surface area contributed by atoms with E-state index in [9.17, 15) is 0 Å². The van der Waals surface area contributed by atoms with Crippen molar-refractivity contribution in [1.82, 2.24) is 0 Å². The molecule has 2 heterocycles. The van der Waals surface area contributed by atoms with Crippen LogP contribution in [0.5, 0.6) is 0 Å². The van der Waals surface area contributed by atoms with Crippen molar-refractivity contribution in [3.05, 3.63) is 49.1 Å². The lowest BCUT2D eigenvalue weighted by molar-refractivity contribution is -0.697. The van der Waals surface area contributed by atoms with Gasteiger partial charge in [0.25, 0.3) is 0 Å². The first-order valence-corrected chi connectivity index (χ1v) is 29.5. The first-order chi connectivity index (χ1) is 30.3. The smallest absolute Gasteiger partial charge is 0.169 e. The predicted octanol–water partition coefficient (Wildman–Crippen LogP) is 19.2. The van der Waals surface area contributed by atoms with E-state index in [0.29, 0.717) is 0 Å². The molecule has 0 aliphatic heterocycles. The van der Waals surface area contributed by atoms with E-state index in [2.05, 4.69) is 95.6 Å². The minimum Gasteiger partial charge on any atom is -0.205 e. The molecule has 0 atom stereocenters. The number of aromatic nitrogens is 2. The van der Waals surface area contributed by atoms with E-state index >= 15 is 0 Å². The molecule has 0 N–H and O–H groups in total. The average Bonchev–Trinajstić information content (AvgIpc) is 3.28. The molecule has 0 saturated carbocycles. The Kier molecular flexibility index (Phi) is 41.9. The van der Waals surface area contributed by atoms with E-state index < -0.39 is 0 Å². The molecule has 61 heavy (non-hydrogen) atoms. The second-order valence-electron chi connectivity index (χ2n) is 19.0. The second-order valence-corrected chi connectivity index (χ2v) is 21.4. The summed E-state index contributed by atoms with van der Waals surface area (Å²) in [4.78, 5) is 2.89. The van der Waals surface area contributed by atoms with Crippen LogP contribution < -0.4 is 9.13 Å². The van der Waals surface area contributed by atoms with E-state index in [1.165, 1.54) is 298 Å². The molecule has 0 saturated heterocycles. The van der Waals surface area contributed by atoms with Crippen LogP contribution in [0.1, 0.15) is 277 Å². The average molecular weight is 882 g/mol. The van der Waals surface area contributed by atoms with Gasteiger partial charge in [-0.1, -0.05) is 239 Å². The van der Waals surface area contributed by atoms with Gasteiger partial charge in [0.1, 0.15) is 13.1 Å². The minimum atomic E-state index is 1.18. The SMILES string of the molecule is CCCCCCCCCCCCCCCCCC[n+]1ccc(SCCCCCCCCCCCSc2cc[n+](CCCCCCCCCCCCCCCCCC)cc2)cc1. The number of rotatable bonds is 48. The van der Waals surface area contributed by atoms with Crippen LogP contribution >= 0.6 is 23.5 Å². The van der Waals surface area contributed by atoms with Gasteiger partial charge in [-0.3, -0.25) is 0 Å².